The number of benzene rings is 2. The molecule has 2 aromatic carbocycles. The fourth-order valence-corrected chi connectivity index (χ4v) is 1.98. The quantitative estimate of drug-likeness (QED) is 0.692. The first kappa shape index (κ1) is 15.2. The molecule has 0 aromatic heterocycles. The van der Waals surface area contributed by atoms with Crippen LogP contribution in [0.4, 0.5) is 5.69 Å². The van der Waals surface area contributed by atoms with E-state index in [-0.39, 0.29) is 5.97 Å². The largest absolute Gasteiger partial charge is 0.487 e. The molecule has 0 bridgehead atoms. The van der Waals surface area contributed by atoms with Crippen LogP contribution in [0.5, 0.6) is 5.75 Å². The lowest BCUT2D eigenvalue weighted by Gasteiger charge is -2.11. The molecule has 0 unspecified atom stereocenters. The number of aryl methyl sites for hydroxylation is 1. The van der Waals surface area contributed by atoms with Gasteiger partial charge in [0, 0.05) is 5.02 Å². The summed E-state index contributed by atoms with van der Waals surface area (Å²) < 4.78 is 10.3. The second-order valence-corrected chi connectivity index (χ2v) is 5.02. The summed E-state index contributed by atoms with van der Waals surface area (Å²) in [5.41, 5.74) is 8.70. The molecule has 0 heterocycles. The van der Waals surface area contributed by atoms with Gasteiger partial charge in [0.25, 0.3) is 0 Å². The van der Waals surface area contributed by atoms with Crippen LogP contribution in [0.1, 0.15) is 21.5 Å². The van der Waals surface area contributed by atoms with Crippen molar-refractivity contribution in [2.24, 2.45) is 0 Å². The molecule has 0 fully saturated rings. The molecule has 0 aliphatic heterocycles. The first-order valence-corrected chi connectivity index (χ1v) is 6.74. The summed E-state index contributed by atoms with van der Waals surface area (Å²) in [5, 5.41) is 0.613. The second-order valence-electron chi connectivity index (χ2n) is 4.62. The summed E-state index contributed by atoms with van der Waals surface area (Å²) in [5.74, 6) is 0.231. The van der Waals surface area contributed by atoms with E-state index in [4.69, 9.17) is 22.1 Å². The van der Waals surface area contributed by atoms with Crippen molar-refractivity contribution in [2.45, 2.75) is 13.5 Å². The van der Waals surface area contributed by atoms with Crippen molar-refractivity contribution in [1.29, 1.82) is 0 Å². The Kier molecular flexibility index (Phi) is 4.70. The maximum atomic E-state index is 11.3. The van der Waals surface area contributed by atoms with E-state index in [1.165, 1.54) is 7.11 Å². The molecule has 0 radical (unpaired) electrons. The molecular weight excluding hydrogens is 290 g/mol. The Hall–Kier alpha value is -2.20. The van der Waals surface area contributed by atoms with Crippen molar-refractivity contribution in [3.63, 3.8) is 0 Å². The number of esters is 1. The number of methoxy groups -OCH3 is 1. The van der Waals surface area contributed by atoms with Gasteiger partial charge in [-0.1, -0.05) is 23.7 Å². The lowest BCUT2D eigenvalue weighted by atomic mass is 10.1. The maximum absolute atomic E-state index is 11.3. The van der Waals surface area contributed by atoms with E-state index in [0.717, 1.165) is 11.1 Å². The molecule has 2 N–H and O–H groups in total. The SMILES string of the molecule is COC(=O)c1ccc(COc2cc(C)c(Cl)cc2N)cc1. The van der Waals surface area contributed by atoms with Gasteiger partial charge in [-0.15, -0.1) is 0 Å². The van der Waals surface area contributed by atoms with Gasteiger partial charge in [0.1, 0.15) is 12.4 Å². The highest BCUT2D eigenvalue weighted by Crippen LogP contribution is 2.29. The number of carbonyl (C=O) groups excluding carboxylic acids is 1. The molecule has 4 nitrogen and oxygen atoms in total. The topological polar surface area (TPSA) is 61.5 Å². The fourth-order valence-electron chi connectivity index (χ4n) is 1.81. The van der Waals surface area contributed by atoms with Crippen LogP contribution in [0.15, 0.2) is 36.4 Å². The van der Waals surface area contributed by atoms with Crippen molar-refractivity contribution in [3.05, 3.63) is 58.1 Å². The molecule has 2 rings (SSSR count). The molecule has 5 heteroatoms. The van der Waals surface area contributed by atoms with Crippen LogP contribution >= 0.6 is 11.6 Å². The van der Waals surface area contributed by atoms with E-state index in [9.17, 15) is 4.79 Å². The van der Waals surface area contributed by atoms with Crippen molar-refractivity contribution in [3.8, 4) is 5.75 Å². The van der Waals surface area contributed by atoms with Gasteiger partial charge in [-0.3, -0.25) is 0 Å². The van der Waals surface area contributed by atoms with Crippen LogP contribution < -0.4 is 10.5 Å². The van der Waals surface area contributed by atoms with Gasteiger partial charge in [0.05, 0.1) is 18.4 Å². The fraction of sp³-hybridized carbons (Fsp3) is 0.188. The highest BCUT2D eigenvalue weighted by molar-refractivity contribution is 6.31. The zero-order chi connectivity index (χ0) is 15.4. The molecule has 2 aromatic rings. The van der Waals surface area contributed by atoms with Crippen LogP contribution in [0, 0.1) is 6.92 Å². The number of nitrogens with two attached hydrogens (primary N) is 1. The third-order valence-electron chi connectivity index (χ3n) is 3.06. The van der Waals surface area contributed by atoms with Crippen LogP contribution in [0.25, 0.3) is 0 Å². The smallest absolute Gasteiger partial charge is 0.337 e. The normalized spacial score (nSPS) is 10.2. The van der Waals surface area contributed by atoms with Crippen molar-refractivity contribution in [1.82, 2.24) is 0 Å². The first-order chi connectivity index (χ1) is 10.0. The Morgan fingerprint density at radius 1 is 1.24 bits per heavy atom. The summed E-state index contributed by atoms with van der Waals surface area (Å²) in [6.07, 6.45) is 0. The predicted molar refractivity (Wildman–Crippen MR) is 82.7 cm³/mol. The summed E-state index contributed by atoms with van der Waals surface area (Å²) in [4.78, 5) is 11.3. The minimum Gasteiger partial charge on any atom is -0.487 e. The summed E-state index contributed by atoms with van der Waals surface area (Å²) in [6, 6.07) is 10.5. The molecule has 0 aliphatic rings. The number of carbonyl (C=O) groups is 1. The standard InChI is InChI=1S/C16H16ClNO3/c1-10-7-15(14(18)8-13(10)17)21-9-11-3-5-12(6-4-11)16(19)20-2/h3-8H,9,18H2,1-2H3. The third-order valence-corrected chi connectivity index (χ3v) is 3.47. The van der Waals surface area contributed by atoms with Crippen LogP contribution in [0.3, 0.4) is 0 Å². The summed E-state index contributed by atoms with van der Waals surface area (Å²) in [7, 11) is 1.35. The zero-order valence-corrected chi connectivity index (χ0v) is 12.6. The van der Waals surface area contributed by atoms with E-state index >= 15 is 0 Å². The van der Waals surface area contributed by atoms with E-state index in [2.05, 4.69) is 4.74 Å². The van der Waals surface area contributed by atoms with Crippen molar-refractivity contribution < 1.29 is 14.3 Å². The predicted octanol–water partition coefficient (Wildman–Crippen LogP) is 3.60. The number of ether oxygens (including phenoxy) is 2. The third kappa shape index (κ3) is 3.67. The molecule has 21 heavy (non-hydrogen) atoms. The molecule has 0 aliphatic carbocycles. The first-order valence-electron chi connectivity index (χ1n) is 6.37. The molecule has 0 amide bonds. The van der Waals surface area contributed by atoms with Crippen molar-refractivity contribution in [2.75, 3.05) is 12.8 Å². The van der Waals surface area contributed by atoms with Crippen LogP contribution in [-0.4, -0.2) is 13.1 Å². The van der Waals surface area contributed by atoms with Gasteiger partial charge in [0.2, 0.25) is 0 Å². The molecule has 110 valence electrons. The molecular formula is C16H16ClNO3. The second kappa shape index (κ2) is 6.50. The lowest BCUT2D eigenvalue weighted by molar-refractivity contribution is 0.0600. The average molecular weight is 306 g/mol. The number of hydrogen-bond donors (Lipinski definition) is 1. The Balaban J connectivity index is 2.06. The van der Waals surface area contributed by atoms with Crippen molar-refractivity contribution >= 4 is 23.3 Å². The van der Waals surface area contributed by atoms with Gasteiger partial charge < -0.3 is 15.2 Å². The van der Waals surface area contributed by atoms with Gasteiger partial charge in [-0.05, 0) is 42.3 Å². The van der Waals surface area contributed by atoms with E-state index in [0.29, 0.717) is 28.6 Å². The number of hydrogen-bond acceptors (Lipinski definition) is 4. The molecule has 0 saturated heterocycles. The number of nitrogen functional groups attached to an aromatic ring is 1. The minimum atomic E-state index is -0.361. The van der Waals surface area contributed by atoms with Gasteiger partial charge in [-0.25, -0.2) is 4.79 Å². The molecule has 0 spiro atoms. The minimum absolute atomic E-state index is 0.354. The zero-order valence-electron chi connectivity index (χ0n) is 11.9. The Labute approximate surface area is 128 Å². The van der Waals surface area contributed by atoms with Gasteiger partial charge in [-0.2, -0.15) is 0 Å². The van der Waals surface area contributed by atoms with E-state index < -0.39 is 0 Å². The van der Waals surface area contributed by atoms with Gasteiger partial charge >= 0.3 is 5.97 Å². The Morgan fingerprint density at radius 2 is 1.90 bits per heavy atom. The highest BCUT2D eigenvalue weighted by atomic mass is 35.5. The monoisotopic (exact) mass is 305 g/mol. The Bertz CT molecular complexity index is 653. The molecule has 0 atom stereocenters. The number of rotatable bonds is 4. The Morgan fingerprint density at radius 3 is 2.52 bits per heavy atom. The maximum Gasteiger partial charge on any atom is 0.337 e. The highest BCUT2D eigenvalue weighted by Gasteiger charge is 2.07. The average Bonchev–Trinajstić information content (AvgIpc) is 2.49. The van der Waals surface area contributed by atoms with Crippen LogP contribution in [-0.2, 0) is 11.3 Å². The van der Waals surface area contributed by atoms with Crippen LogP contribution in [0.2, 0.25) is 5.02 Å². The number of anilines is 1. The van der Waals surface area contributed by atoms with Gasteiger partial charge in [0.15, 0.2) is 0 Å². The molecule has 0 saturated carbocycles. The summed E-state index contributed by atoms with van der Waals surface area (Å²) >= 11 is 5.98. The number of halogens is 1. The lowest BCUT2D eigenvalue weighted by Crippen LogP contribution is -2.02. The van der Waals surface area contributed by atoms with E-state index in [1.54, 1.807) is 24.3 Å². The van der Waals surface area contributed by atoms with E-state index in [1.807, 2.05) is 19.1 Å². The summed E-state index contributed by atoms with van der Waals surface area (Å²) in [6.45, 7) is 2.24.